The molecule has 1 fully saturated rings. The highest BCUT2D eigenvalue weighted by Gasteiger charge is 2.45. The lowest BCUT2D eigenvalue weighted by molar-refractivity contribution is 0.550. The van der Waals surface area contributed by atoms with Crippen LogP contribution in [0.15, 0.2) is 170 Å². The fourth-order valence-electron chi connectivity index (χ4n) is 10.2. The molecule has 2 aliphatic rings. The van der Waals surface area contributed by atoms with Crippen molar-refractivity contribution in [2.24, 2.45) is 0 Å². The maximum absolute atomic E-state index is 4.61. The Balaban J connectivity index is 0.968. The topological polar surface area (TPSA) is 17.8 Å². The minimum Gasteiger partial charge on any atom is -0.309 e. The number of para-hydroxylation sites is 2. The molecule has 7 aromatic carbocycles. The van der Waals surface area contributed by atoms with Crippen LogP contribution in [0.1, 0.15) is 47.9 Å². The van der Waals surface area contributed by atoms with E-state index >= 15 is 0 Å². The zero-order chi connectivity index (χ0) is 37.4. The summed E-state index contributed by atoms with van der Waals surface area (Å²) in [5, 5.41) is 2.59. The molecule has 0 saturated heterocycles. The normalized spacial score (nSPS) is 14.1. The highest BCUT2D eigenvalue weighted by molar-refractivity contribution is 6.09. The molecule has 2 nitrogen and oxygen atoms in total. The second kappa shape index (κ2) is 12.8. The van der Waals surface area contributed by atoms with Crippen molar-refractivity contribution in [3.63, 3.8) is 0 Å². The highest BCUT2D eigenvalue weighted by Crippen LogP contribution is 2.58. The van der Waals surface area contributed by atoms with Crippen LogP contribution in [0, 0.1) is 13.8 Å². The molecule has 0 unspecified atom stereocenters. The van der Waals surface area contributed by atoms with Crippen LogP contribution in [0.5, 0.6) is 0 Å². The zero-order valence-electron chi connectivity index (χ0n) is 31.9. The molecule has 1 saturated carbocycles. The summed E-state index contributed by atoms with van der Waals surface area (Å²) in [5.41, 5.74) is 22.0. The fourth-order valence-corrected chi connectivity index (χ4v) is 10.2. The van der Waals surface area contributed by atoms with E-state index in [1.54, 1.807) is 0 Å². The molecule has 56 heavy (non-hydrogen) atoms. The van der Waals surface area contributed by atoms with Gasteiger partial charge >= 0.3 is 0 Å². The van der Waals surface area contributed by atoms with E-state index in [1.807, 2.05) is 12.3 Å². The Morgan fingerprint density at radius 2 is 1.05 bits per heavy atom. The summed E-state index contributed by atoms with van der Waals surface area (Å²) in [5.74, 6) is 0. The maximum Gasteiger partial charge on any atom is 0.0702 e. The molecule has 2 aliphatic carbocycles. The van der Waals surface area contributed by atoms with E-state index in [-0.39, 0.29) is 5.41 Å². The quantitative estimate of drug-likeness (QED) is 0.173. The van der Waals surface area contributed by atoms with Gasteiger partial charge in [0.2, 0.25) is 0 Å². The predicted molar refractivity (Wildman–Crippen MR) is 234 cm³/mol. The minimum absolute atomic E-state index is 0.0516. The van der Waals surface area contributed by atoms with Gasteiger partial charge in [0.25, 0.3) is 0 Å². The Morgan fingerprint density at radius 3 is 1.73 bits per heavy atom. The average molecular weight is 719 g/mol. The van der Waals surface area contributed by atoms with Gasteiger partial charge < -0.3 is 4.57 Å². The lowest BCUT2D eigenvalue weighted by atomic mass is 9.75. The third-order valence-corrected chi connectivity index (χ3v) is 12.9. The van der Waals surface area contributed by atoms with Crippen molar-refractivity contribution < 1.29 is 0 Å². The van der Waals surface area contributed by atoms with Crippen molar-refractivity contribution >= 4 is 21.8 Å². The highest BCUT2D eigenvalue weighted by atomic mass is 15.0. The van der Waals surface area contributed by atoms with E-state index in [1.165, 1.54) is 120 Å². The smallest absolute Gasteiger partial charge is 0.0702 e. The number of benzene rings is 7. The Hall–Kier alpha value is -6.51. The molecule has 11 rings (SSSR count). The molecule has 0 amide bonds. The number of aromatic nitrogens is 2. The number of aryl methyl sites for hydroxylation is 2. The molecule has 0 bridgehead atoms. The van der Waals surface area contributed by atoms with E-state index < -0.39 is 0 Å². The van der Waals surface area contributed by atoms with Crippen LogP contribution in [0.25, 0.3) is 83.3 Å². The summed E-state index contributed by atoms with van der Waals surface area (Å²) in [6, 6.07) is 61.0. The number of rotatable bonds is 5. The first-order valence-corrected chi connectivity index (χ1v) is 20.1. The van der Waals surface area contributed by atoms with Crippen LogP contribution in [0.3, 0.4) is 0 Å². The van der Waals surface area contributed by atoms with Crippen molar-refractivity contribution in [2.45, 2.75) is 44.9 Å². The Labute approximate surface area is 328 Å². The lowest BCUT2D eigenvalue weighted by Gasteiger charge is -2.27. The Bertz CT molecular complexity index is 2940. The number of fused-ring (bicyclic) bond motifs is 8. The van der Waals surface area contributed by atoms with Crippen LogP contribution in [-0.2, 0) is 5.41 Å². The molecular weight excluding hydrogens is 677 g/mol. The number of pyridine rings is 1. The van der Waals surface area contributed by atoms with Gasteiger partial charge in [-0.1, -0.05) is 116 Å². The van der Waals surface area contributed by atoms with Gasteiger partial charge in [-0.3, -0.25) is 4.98 Å². The van der Waals surface area contributed by atoms with Crippen molar-refractivity contribution in [1.29, 1.82) is 0 Å². The first-order valence-electron chi connectivity index (χ1n) is 20.1. The standard InChI is InChI=1S/C54H42N2/c1-35-19-20-38(37-12-11-13-41(31-37)51-16-7-10-29-55-51)32-48(35)40-22-25-45-44-24-21-39(33-49(44)54(50(45)34-40)27-8-9-28-54)43-26-23-42(30-36(43)2)56-52-17-5-3-14-46(52)47-15-4-6-18-53(47)56/h3-7,10-26,29-34H,8-9,27-28H2,1-2H3. The van der Waals surface area contributed by atoms with E-state index in [9.17, 15) is 0 Å². The molecule has 0 aliphatic heterocycles. The largest absolute Gasteiger partial charge is 0.309 e. The Kier molecular flexibility index (Phi) is 7.51. The summed E-state index contributed by atoms with van der Waals surface area (Å²) < 4.78 is 2.42. The molecule has 0 atom stereocenters. The van der Waals surface area contributed by atoms with E-state index in [0.717, 1.165) is 11.3 Å². The van der Waals surface area contributed by atoms with Gasteiger partial charge in [0.15, 0.2) is 0 Å². The summed E-state index contributed by atoms with van der Waals surface area (Å²) in [4.78, 5) is 4.61. The van der Waals surface area contributed by atoms with E-state index in [0.29, 0.717) is 0 Å². The maximum atomic E-state index is 4.61. The molecule has 0 radical (unpaired) electrons. The average Bonchev–Trinajstić information content (AvgIpc) is 3.95. The summed E-state index contributed by atoms with van der Waals surface area (Å²) >= 11 is 0. The second-order valence-corrected chi connectivity index (χ2v) is 16.0. The van der Waals surface area contributed by atoms with Crippen LogP contribution in [0.2, 0.25) is 0 Å². The number of hydrogen-bond donors (Lipinski definition) is 0. The van der Waals surface area contributed by atoms with Crippen LogP contribution in [0.4, 0.5) is 0 Å². The third-order valence-electron chi connectivity index (χ3n) is 12.9. The van der Waals surface area contributed by atoms with E-state index in [4.69, 9.17) is 0 Å². The van der Waals surface area contributed by atoms with Crippen LogP contribution < -0.4 is 0 Å². The predicted octanol–water partition coefficient (Wildman–Crippen LogP) is 14.3. The first kappa shape index (κ1) is 32.9. The monoisotopic (exact) mass is 718 g/mol. The lowest BCUT2D eigenvalue weighted by Crippen LogP contribution is -2.20. The molecule has 0 N–H and O–H groups in total. The van der Waals surface area contributed by atoms with E-state index in [2.05, 4.69) is 181 Å². The summed E-state index contributed by atoms with van der Waals surface area (Å²) in [6.07, 6.45) is 6.79. The SMILES string of the molecule is Cc1cc(-n2c3ccccc3c3ccccc32)ccc1-c1ccc2c(c1)C1(CCCC1)c1cc(-c3cc(-c4cccc(-c5ccccn5)c4)ccc3C)ccc1-2. The van der Waals surface area contributed by atoms with Gasteiger partial charge in [0.1, 0.15) is 0 Å². The van der Waals surface area contributed by atoms with Gasteiger partial charge in [-0.15, -0.1) is 0 Å². The molecular formula is C54H42N2. The minimum atomic E-state index is 0.0516. The van der Waals surface area contributed by atoms with Crippen LogP contribution in [-0.4, -0.2) is 9.55 Å². The molecule has 2 heterocycles. The molecule has 268 valence electrons. The molecule has 2 aromatic heterocycles. The fraction of sp³-hybridized carbons (Fsp3) is 0.130. The Morgan fingerprint density at radius 1 is 0.446 bits per heavy atom. The molecule has 9 aromatic rings. The van der Waals surface area contributed by atoms with Crippen molar-refractivity contribution in [2.75, 3.05) is 0 Å². The third kappa shape index (κ3) is 5.06. The second-order valence-electron chi connectivity index (χ2n) is 16.0. The number of nitrogens with zero attached hydrogens (tertiary/aromatic N) is 2. The molecule has 1 spiro atoms. The van der Waals surface area contributed by atoms with Crippen molar-refractivity contribution in [3.8, 4) is 61.5 Å². The zero-order valence-corrected chi connectivity index (χ0v) is 31.9. The summed E-state index contributed by atoms with van der Waals surface area (Å²) in [7, 11) is 0. The van der Waals surface area contributed by atoms with Gasteiger partial charge in [-0.25, -0.2) is 0 Å². The van der Waals surface area contributed by atoms with Crippen molar-refractivity contribution in [1.82, 2.24) is 9.55 Å². The first-order chi connectivity index (χ1) is 27.6. The van der Waals surface area contributed by atoms with Crippen LogP contribution >= 0.6 is 0 Å². The number of hydrogen-bond acceptors (Lipinski definition) is 1. The van der Waals surface area contributed by atoms with Gasteiger partial charge in [-0.2, -0.15) is 0 Å². The van der Waals surface area contributed by atoms with Gasteiger partial charge in [0.05, 0.1) is 16.7 Å². The van der Waals surface area contributed by atoms with Gasteiger partial charge in [0, 0.05) is 33.6 Å². The van der Waals surface area contributed by atoms with Crippen molar-refractivity contribution in [3.05, 3.63) is 192 Å². The molecule has 2 heteroatoms. The summed E-state index contributed by atoms with van der Waals surface area (Å²) in [6.45, 7) is 4.52. The van der Waals surface area contributed by atoms with Gasteiger partial charge in [-0.05, 0) is 154 Å².